The van der Waals surface area contributed by atoms with E-state index in [1.165, 1.54) is 12.8 Å². The van der Waals surface area contributed by atoms with Crippen molar-refractivity contribution in [3.63, 3.8) is 0 Å². The van der Waals surface area contributed by atoms with Crippen molar-refractivity contribution in [2.24, 2.45) is 0 Å². The molecule has 1 fully saturated rings. The van der Waals surface area contributed by atoms with Gasteiger partial charge in [0.05, 0.1) is 5.69 Å². The predicted octanol–water partition coefficient (Wildman–Crippen LogP) is 4.06. The van der Waals surface area contributed by atoms with Gasteiger partial charge < -0.3 is 9.84 Å². The minimum atomic E-state index is 0.606. The molecule has 112 valence electrons. The zero-order valence-corrected chi connectivity index (χ0v) is 13.4. The van der Waals surface area contributed by atoms with Gasteiger partial charge in [0.15, 0.2) is 10.1 Å². The molecule has 0 unspecified atom stereocenters. The van der Waals surface area contributed by atoms with E-state index in [1.54, 1.807) is 23.1 Å². The van der Waals surface area contributed by atoms with Crippen molar-refractivity contribution < 1.29 is 4.52 Å². The third-order valence-electron chi connectivity index (χ3n) is 3.27. The Kier molecular flexibility index (Phi) is 3.82. The maximum Gasteiger partial charge on any atom is 0.206 e. The molecule has 7 heteroatoms. The van der Waals surface area contributed by atoms with Crippen LogP contribution in [0.1, 0.15) is 18.5 Å². The number of aromatic nitrogens is 3. The molecule has 2 aromatic heterocycles. The zero-order chi connectivity index (χ0) is 14.8. The van der Waals surface area contributed by atoms with E-state index in [-0.39, 0.29) is 0 Å². The molecular weight excluding hydrogens is 316 g/mol. The lowest BCUT2D eigenvalue weighted by Crippen LogP contribution is -1.99. The molecule has 0 atom stereocenters. The molecule has 1 saturated carbocycles. The lowest BCUT2D eigenvalue weighted by atomic mass is 10.2. The monoisotopic (exact) mass is 330 g/mol. The van der Waals surface area contributed by atoms with E-state index in [0.29, 0.717) is 6.04 Å². The van der Waals surface area contributed by atoms with Crippen LogP contribution in [0.15, 0.2) is 45.3 Å². The fourth-order valence-electron chi connectivity index (χ4n) is 1.98. The summed E-state index contributed by atoms with van der Waals surface area (Å²) in [7, 11) is 0. The molecule has 0 amide bonds. The van der Waals surface area contributed by atoms with Crippen molar-refractivity contribution in [1.29, 1.82) is 0 Å². The van der Waals surface area contributed by atoms with Crippen LogP contribution in [0.3, 0.4) is 0 Å². The maximum absolute atomic E-state index is 5.40. The van der Waals surface area contributed by atoms with Crippen LogP contribution in [-0.4, -0.2) is 21.4 Å². The summed E-state index contributed by atoms with van der Waals surface area (Å²) < 4.78 is 6.35. The quantitative estimate of drug-likeness (QED) is 0.688. The Morgan fingerprint density at radius 2 is 2.09 bits per heavy atom. The van der Waals surface area contributed by atoms with Crippen molar-refractivity contribution in [2.45, 2.75) is 29.0 Å². The normalized spacial score (nSPS) is 14.2. The highest BCUT2D eigenvalue weighted by Crippen LogP contribution is 2.32. The summed E-state index contributed by atoms with van der Waals surface area (Å²) in [6, 6.07) is 12.6. The van der Waals surface area contributed by atoms with Gasteiger partial charge >= 0.3 is 0 Å². The van der Waals surface area contributed by atoms with E-state index in [1.807, 2.05) is 36.4 Å². The van der Waals surface area contributed by atoms with Gasteiger partial charge in [-0.3, -0.25) is 0 Å². The van der Waals surface area contributed by atoms with Gasteiger partial charge in [-0.2, -0.15) is 0 Å². The fourth-order valence-corrected chi connectivity index (χ4v) is 3.69. The van der Waals surface area contributed by atoms with Crippen LogP contribution in [0.2, 0.25) is 0 Å². The van der Waals surface area contributed by atoms with Crippen LogP contribution in [0.25, 0.3) is 11.3 Å². The van der Waals surface area contributed by atoms with Crippen molar-refractivity contribution in [3.05, 3.63) is 42.1 Å². The standard InChI is InChI=1S/C15H14N4OS2/c1-2-4-10(5-3-1)13-8-12(19-20-13)9-21-15-18-17-14(22-15)16-11-6-7-11/h1-5,8,11H,6-7,9H2,(H,16,17). The molecule has 0 bridgehead atoms. The molecule has 4 rings (SSSR count). The van der Waals surface area contributed by atoms with E-state index < -0.39 is 0 Å². The van der Waals surface area contributed by atoms with Crippen LogP contribution in [0.4, 0.5) is 5.13 Å². The Balaban J connectivity index is 1.37. The minimum Gasteiger partial charge on any atom is -0.357 e. The molecule has 0 aliphatic heterocycles. The molecule has 1 aliphatic rings. The third-order valence-corrected chi connectivity index (χ3v) is 5.29. The number of thioether (sulfide) groups is 1. The van der Waals surface area contributed by atoms with Gasteiger partial charge in [0.25, 0.3) is 0 Å². The van der Waals surface area contributed by atoms with Gasteiger partial charge in [-0.05, 0) is 12.8 Å². The summed E-state index contributed by atoms with van der Waals surface area (Å²) in [5.74, 6) is 1.53. The molecule has 5 nitrogen and oxygen atoms in total. The molecule has 3 aromatic rings. The average molecular weight is 330 g/mol. The molecule has 0 spiro atoms. The summed E-state index contributed by atoms with van der Waals surface area (Å²) in [6.07, 6.45) is 2.48. The average Bonchev–Trinajstić information content (AvgIpc) is 3.06. The highest BCUT2D eigenvalue weighted by atomic mass is 32.2. The van der Waals surface area contributed by atoms with E-state index in [0.717, 1.165) is 32.2 Å². The van der Waals surface area contributed by atoms with Crippen molar-refractivity contribution in [2.75, 3.05) is 5.32 Å². The summed E-state index contributed by atoms with van der Waals surface area (Å²) >= 11 is 3.23. The first-order valence-corrected chi connectivity index (χ1v) is 8.91. The molecule has 22 heavy (non-hydrogen) atoms. The number of hydrogen-bond acceptors (Lipinski definition) is 7. The number of hydrogen-bond donors (Lipinski definition) is 1. The Morgan fingerprint density at radius 3 is 2.91 bits per heavy atom. The smallest absolute Gasteiger partial charge is 0.206 e. The van der Waals surface area contributed by atoms with E-state index >= 15 is 0 Å². The second-order valence-corrected chi connectivity index (χ2v) is 7.33. The Morgan fingerprint density at radius 1 is 1.23 bits per heavy atom. The SMILES string of the molecule is c1ccc(-c2cc(CSc3nnc(NC4CC4)s3)no2)cc1. The van der Waals surface area contributed by atoms with Crippen LogP contribution < -0.4 is 5.32 Å². The highest BCUT2D eigenvalue weighted by Gasteiger charge is 2.22. The molecule has 1 N–H and O–H groups in total. The second-order valence-electron chi connectivity index (χ2n) is 5.13. The molecular formula is C15H14N4OS2. The van der Waals surface area contributed by atoms with Gasteiger partial charge in [0, 0.05) is 23.4 Å². The Hall–Kier alpha value is -1.86. The molecule has 1 aliphatic carbocycles. The van der Waals surface area contributed by atoms with Gasteiger partial charge in [0.1, 0.15) is 0 Å². The molecule has 1 aromatic carbocycles. The maximum atomic E-state index is 5.40. The van der Waals surface area contributed by atoms with Crippen molar-refractivity contribution in [3.8, 4) is 11.3 Å². The molecule has 2 heterocycles. The summed E-state index contributed by atoms with van der Waals surface area (Å²) in [6.45, 7) is 0. The minimum absolute atomic E-state index is 0.606. The number of nitrogens with zero attached hydrogens (tertiary/aromatic N) is 3. The largest absolute Gasteiger partial charge is 0.357 e. The number of anilines is 1. The summed E-state index contributed by atoms with van der Waals surface area (Å²) in [4.78, 5) is 0. The Bertz CT molecular complexity index is 752. The van der Waals surface area contributed by atoms with Crippen LogP contribution in [0, 0.1) is 0 Å². The Labute approximate surface area is 136 Å². The number of benzene rings is 1. The van der Waals surface area contributed by atoms with Crippen molar-refractivity contribution >= 4 is 28.2 Å². The lowest BCUT2D eigenvalue weighted by molar-refractivity contribution is 0.426. The van der Waals surface area contributed by atoms with Crippen LogP contribution in [-0.2, 0) is 5.75 Å². The van der Waals surface area contributed by atoms with Gasteiger partial charge in [-0.25, -0.2) is 0 Å². The van der Waals surface area contributed by atoms with E-state index in [2.05, 4.69) is 20.7 Å². The molecule has 0 saturated heterocycles. The van der Waals surface area contributed by atoms with Crippen LogP contribution >= 0.6 is 23.1 Å². The van der Waals surface area contributed by atoms with E-state index in [9.17, 15) is 0 Å². The highest BCUT2D eigenvalue weighted by molar-refractivity contribution is 8.00. The summed E-state index contributed by atoms with van der Waals surface area (Å²) in [5, 5.41) is 16.7. The van der Waals surface area contributed by atoms with Gasteiger partial charge in [-0.1, -0.05) is 58.6 Å². The first-order valence-electron chi connectivity index (χ1n) is 7.11. The van der Waals surface area contributed by atoms with Crippen LogP contribution in [0.5, 0.6) is 0 Å². The number of nitrogens with one attached hydrogen (secondary N) is 1. The van der Waals surface area contributed by atoms with Gasteiger partial charge in [0.2, 0.25) is 5.13 Å². The zero-order valence-electron chi connectivity index (χ0n) is 11.7. The fraction of sp³-hybridized carbons (Fsp3) is 0.267. The lowest BCUT2D eigenvalue weighted by Gasteiger charge is -1.94. The number of rotatable bonds is 6. The van der Waals surface area contributed by atoms with Gasteiger partial charge in [-0.15, -0.1) is 10.2 Å². The summed E-state index contributed by atoms with van der Waals surface area (Å²) in [5.41, 5.74) is 1.95. The third kappa shape index (κ3) is 3.31. The molecule has 0 radical (unpaired) electrons. The van der Waals surface area contributed by atoms with Crippen molar-refractivity contribution in [1.82, 2.24) is 15.4 Å². The topological polar surface area (TPSA) is 63.8 Å². The second kappa shape index (κ2) is 6.10. The predicted molar refractivity (Wildman–Crippen MR) is 88.1 cm³/mol. The first-order chi connectivity index (χ1) is 10.9. The first kappa shape index (κ1) is 13.8. The van der Waals surface area contributed by atoms with E-state index in [4.69, 9.17) is 4.52 Å².